The van der Waals surface area contributed by atoms with Gasteiger partial charge in [0.2, 0.25) is 0 Å². The molecule has 1 rings (SSSR count). The average molecular weight is 109 g/mol. The quantitative estimate of drug-likeness (QED) is 0.449. The van der Waals surface area contributed by atoms with Crippen molar-refractivity contribution in [3.8, 4) is 0 Å². The van der Waals surface area contributed by atoms with E-state index in [0.717, 1.165) is 0 Å². The predicted molar refractivity (Wildman–Crippen MR) is 33.4 cm³/mol. The lowest BCUT2D eigenvalue weighted by Gasteiger charge is -1.69. The van der Waals surface area contributed by atoms with Gasteiger partial charge < -0.3 is 0 Å². The zero-order valence-electron chi connectivity index (χ0n) is 3.91. The minimum absolute atomic E-state index is 0. The highest BCUT2D eigenvalue weighted by Gasteiger charge is 1.57. The van der Waals surface area contributed by atoms with E-state index in [2.05, 4.69) is 0 Å². The maximum atomic E-state index is 2.00. The largest absolute Gasteiger partial charge is 0.0623 e. The Kier molecular flexibility index (Phi) is 3.64. The molecule has 0 heterocycles. The second kappa shape index (κ2) is 3.83. The zero-order chi connectivity index (χ0) is 4.24. The molecule has 7 heavy (non-hydrogen) atoms. The van der Waals surface area contributed by atoms with Gasteiger partial charge in [-0.15, -0.1) is 0 Å². The summed E-state index contributed by atoms with van der Waals surface area (Å²) in [6, 6.07) is 12.0. The van der Waals surface area contributed by atoms with Crippen LogP contribution in [0.5, 0.6) is 0 Å². The highest BCUT2D eigenvalue weighted by molar-refractivity contribution is 6.92. The van der Waals surface area contributed by atoms with Crippen LogP contribution in [0.4, 0.5) is 0 Å². The number of hydrogen-bond acceptors (Lipinski definition) is 0. The van der Waals surface area contributed by atoms with Gasteiger partial charge in [-0.05, 0) is 0 Å². The molecular weight excluding hydrogens is 103 g/mol. The van der Waals surface area contributed by atoms with Crippen LogP contribution in [0.2, 0.25) is 0 Å². The van der Waals surface area contributed by atoms with Crippen LogP contribution in [-0.4, -0.2) is 0 Å². The van der Waals surface area contributed by atoms with E-state index in [0.29, 0.717) is 0 Å². The smallest absolute Gasteiger partial charge is 0 e. The van der Waals surface area contributed by atoms with Crippen molar-refractivity contribution in [3.05, 3.63) is 36.4 Å². The predicted octanol–water partition coefficient (Wildman–Crippen LogP) is 2.55. The third kappa shape index (κ3) is 2.36. The van der Waals surface area contributed by atoms with Gasteiger partial charge in [-0.2, -0.15) is 0 Å². The molecule has 1 aromatic rings. The van der Waals surface area contributed by atoms with Crippen LogP contribution in [0.15, 0.2) is 36.4 Å². The highest BCUT2D eigenvalue weighted by Crippen LogP contribution is 1.79. The van der Waals surface area contributed by atoms with E-state index >= 15 is 0 Å². The van der Waals surface area contributed by atoms with Gasteiger partial charge in [-0.1, -0.05) is 36.4 Å². The van der Waals surface area contributed by atoms with Crippen LogP contribution in [0.1, 0.15) is 0 Å². The van der Waals surface area contributed by atoms with E-state index in [9.17, 15) is 0 Å². The van der Waals surface area contributed by atoms with Gasteiger partial charge in [0, 0.05) is 9.90 Å². The van der Waals surface area contributed by atoms with Crippen molar-refractivity contribution in [2.45, 2.75) is 0 Å². The Morgan fingerprint density at radius 3 is 0.714 bits per heavy atom. The Balaban J connectivity index is 0.000000360. The van der Waals surface area contributed by atoms with Gasteiger partial charge in [0.25, 0.3) is 0 Å². The first kappa shape index (κ1) is 6.65. The molecule has 1 aromatic carbocycles. The SMILES string of the molecule is [P].c1ccccc1. The summed E-state index contributed by atoms with van der Waals surface area (Å²) in [5, 5.41) is 0. The summed E-state index contributed by atoms with van der Waals surface area (Å²) >= 11 is 0. The molecule has 0 saturated carbocycles. The third-order valence-electron chi connectivity index (χ3n) is 0.667. The van der Waals surface area contributed by atoms with E-state index in [1.165, 1.54) is 0 Å². The molecule has 3 radical (unpaired) electrons. The average Bonchev–Trinajstić information content (AvgIpc) is 1.72. The lowest BCUT2D eigenvalue weighted by atomic mass is 10.4. The van der Waals surface area contributed by atoms with Crippen molar-refractivity contribution in [3.63, 3.8) is 0 Å². The Labute approximate surface area is 47.2 Å². The highest BCUT2D eigenvalue weighted by atomic mass is 31.0. The Hall–Kier alpha value is -0.350. The number of rotatable bonds is 0. The Morgan fingerprint density at radius 2 is 0.571 bits per heavy atom. The first-order valence-corrected chi connectivity index (χ1v) is 2.00. The van der Waals surface area contributed by atoms with E-state index < -0.39 is 0 Å². The van der Waals surface area contributed by atoms with E-state index in [4.69, 9.17) is 0 Å². The lowest BCUT2D eigenvalue weighted by molar-refractivity contribution is 1.72. The molecule has 0 bridgehead atoms. The molecule has 0 unspecified atom stereocenters. The minimum Gasteiger partial charge on any atom is -0.0623 e. The van der Waals surface area contributed by atoms with Crippen LogP contribution in [-0.2, 0) is 0 Å². The second-order valence-corrected chi connectivity index (χ2v) is 1.15. The van der Waals surface area contributed by atoms with E-state index in [-0.39, 0.29) is 9.90 Å². The Morgan fingerprint density at radius 1 is 0.429 bits per heavy atom. The normalized spacial score (nSPS) is 6.86. The molecular formula is C6H6P. The summed E-state index contributed by atoms with van der Waals surface area (Å²) in [7, 11) is 0. The van der Waals surface area contributed by atoms with Crippen LogP contribution in [0.3, 0.4) is 0 Å². The summed E-state index contributed by atoms with van der Waals surface area (Å²) in [6.07, 6.45) is 0. The Bertz CT molecular complexity index is 76.1. The van der Waals surface area contributed by atoms with Crippen LogP contribution in [0, 0.1) is 0 Å². The summed E-state index contributed by atoms with van der Waals surface area (Å²) in [5.41, 5.74) is 0. The number of hydrogen-bond donors (Lipinski definition) is 0. The van der Waals surface area contributed by atoms with Crippen molar-refractivity contribution in [2.75, 3.05) is 0 Å². The van der Waals surface area contributed by atoms with Gasteiger partial charge in [0.05, 0.1) is 0 Å². The molecule has 0 fully saturated rings. The number of benzene rings is 1. The van der Waals surface area contributed by atoms with Crippen LogP contribution >= 0.6 is 9.90 Å². The van der Waals surface area contributed by atoms with E-state index in [1.807, 2.05) is 36.4 Å². The van der Waals surface area contributed by atoms with Crippen LogP contribution < -0.4 is 0 Å². The third-order valence-corrected chi connectivity index (χ3v) is 0.667. The van der Waals surface area contributed by atoms with Crippen molar-refractivity contribution < 1.29 is 0 Å². The van der Waals surface area contributed by atoms with Gasteiger partial charge >= 0.3 is 0 Å². The molecule has 0 aromatic heterocycles. The molecule has 0 aliphatic carbocycles. The molecule has 35 valence electrons. The lowest BCUT2D eigenvalue weighted by Crippen LogP contribution is -1.47. The van der Waals surface area contributed by atoms with Gasteiger partial charge in [-0.25, -0.2) is 0 Å². The first-order chi connectivity index (χ1) is 3.00. The van der Waals surface area contributed by atoms with E-state index in [1.54, 1.807) is 0 Å². The molecule has 0 atom stereocenters. The fourth-order valence-electron chi connectivity index (χ4n) is 0.385. The molecule has 0 spiro atoms. The van der Waals surface area contributed by atoms with Crippen LogP contribution in [0.25, 0.3) is 0 Å². The molecule has 0 aliphatic heterocycles. The molecule has 0 amide bonds. The first-order valence-electron chi connectivity index (χ1n) is 2.00. The zero-order valence-corrected chi connectivity index (χ0v) is 4.81. The molecule has 0 nitrogen and oxygen atoms in total. The summed E-state index contributed by atoms with van der Waals surface area (Å²) in [6.45, 7) is 0. The monoisotopic (exact) mass is 109 g/mol. The fourth-order valence-corrected chi connectivity index (χ4v) is 0.385. The summed E-state index contributed by atoms with van der Waals surface area (Å²) in [5.74, 6) is 0. The topological polar surface area (TPSA) is 0 Å². The fraction of sp³-hybridized carbons (Fsp3) is 0. The second-order valence-electron chi connectivity index (χ2n) is 1.15. The standard InChI is InChI=1S/C6H6.P/c1-2-4-6-5-3-1;/h1-6H;. The maximum Gasteiger partial charge on any atom is 0 e. The molecule has 1 heteroatoms. The van der Waals surface area contributed by atoms with Gasteiger partial charge in [-0.3, -0.25) is 0 Å². The van der Waals surface area contributed by atoms with Crippen molar-refractivity contribution in [1.29, 1.82) is 0 Å². The van der Waals surface area contributed by atoms with Crippen molar-refractivity contribution in [2.24, 2.45) is 0 Å². The molecule has 0 aliphatic rings. The molecule has 0 saturated heterocycles. The summed E-state index contributed by atoms with van der Waals surface area (Å²) < 4.78 is 0. The molecule has 0 N–H and O–H groups in total. The maximum absolute atomic E-state index is 2.00. The van der Waals surface area contributed by atoms with Crippen molar-refractivity contribution in [1.82, 2.24) is 0 Å². The van der Waals surface area contributed by atoms with Gasteiger partial charge in [0.1, 0.15) is 0 Å². The minimum atomic E-state index is 0. The summed E-state index contributed by atoms with van der Waals surface area (Å²) in [4.78, 5) is 0. The van der Waals surface area contributed by atoms with Gasteiger partial charge in [0.15, 0.2) is 0 Å². The van der Waals surface area contributed by atoms with Crippen molar-refractivity contribution >= 4 is 9.90 Å².